The van der Waals surface area contributed by atoms with Crippen LogP contribution in [0.4, 0.5) is 17.6 Å². The molecule has 3 rings (SSSR count). The van der Waals surface area contributed by atoms with Gasteiger partial charge in [-0.2, -0.15) is 13.2 Å². The van der Waals surface area contributed by atoms with Crippen molar-refractivity contribution in [3.63, 3.8) is 0 Å². The molecule has 41 heavy (non-hydrogen) atoms. The molecule has 1 aromatic heterocycles. The summed E-state index contributed by atoms with van der Waals surface area (Å²) in [6.07, 6.45) is -5.27. The van der Waals surface area contributed by atoms with Crippen LogP contribution in [0.25, 0.3) is 11.3 Å². The molecule has 2 aromatic carbocycles. The zero-order chi connectivity index (χ0) is 30.6. The van der Waals surface area contributed by atoms with Crippen LogP contribution in [-0.2, 0) is 11.1 Å². The van der Waals surface area contributed by atoms with Crippen LogP contribution in [0.2, 0.25) is 5.02 Å². The van der Waals surface area contributed by atoms with Gasteiger partial charge in [0.2, 0.25) is 5.60 Å². The average molecular weight is 600 g/mol. The molecular formula is C28H30ClF4N3O5. The fourth-order valence-electron chi connectivity index (χ4n) is 3.78. The van der Waals surface area contributed by atoms with E-state index in [0.717, 1.165) is 12.1 Å². The first-order valence-corrected chi connectivity index (χ1v) is 12.7. The third kappa shape index (κ3) is 7.07. The van der Waals surface area contributed by atoms with Crippen molar-refractivity contribution in [3.8, 4) is 22.8 Å². The van der Waals surface area contributed by atoms with Gasteiger partial charge in [-0.05, 0) is 75.0 Å². The van der Waals surface area contributed by atoms with Crippen LogP contribution in [-0.4, -0.2) is 61.2 Å². The van der Waals surface area contributed by atoms with Crippen molar-refractivity contribution >= 4 is 17.5 Å². The summed E-state index contributed by atoms with van der Waals surface area (Å²) in [4.78, 5) is 17.0. The maximum atomic E-state index is 14.5. The molecule has 1 amide bonds. The number of alkyl halides is 3. The van der Waals surface area contributed by atoms with Gasteiger partial charge in [0, 0.05) is 16.7 Å². The molecule has 4 N–H and O–H groups in total. The van der Waals surface area contributed by atoms with Crippen molar-refractivity contribution in [2.45, 2.75) is 31.2 Å². The number of hydrogen-bond donors (Lipinski definition) is 4. The predicted molar refractivity (Wildman–Crippen MR) is 145 cm³/mol. The van der Waals surface area contributed by atoms with Crippen LogP contribution in [0.15, 0.2) is 48.5 Å². The summed E-state index contributed by atoms with van der Waals surface area (Å²) in [7, 11) is 2.92. The summed E-state index contributed by atoms with van der Waals surface area (Å²) >= 11 is 5.90. The molecule has 1 unspecified atom stereocenters. The number of amides is 1. The Balaban J connectivity index is 2.05. The SMILES string of the molecule is CNC(C)(C)c1cc(-c2ccc(F)c(Cl)c2)nc(C(O)(CNC(=O)c2ccc(OCCO)c(OC)c2)C(F)(F)F)c1. The molecule has 0 saturated carbocycles. The second kappa shape index (κ2) is 12.6. The number of benzene rings is 2. The first kappa shape index (κ1) is 32.1. The Labute approximate surface area is 239 Å². The number of aliphatic hydroxyl groups excluding tert-OH is 1. The molecule has 0 bridgehead atoms. The molecular weight excluding hydrogens is 570 g/mol. The Kier molecular flexibility index (Phi) is 9.85. The van der Waals surface area contributed by atoms with E-state index in [0.29, 0.717) is 5.56 Å². The number of ether oxygens (including phenoxy) is 2. The van der Waals surface area contributed by atoms with E-state index in [9.17, 15) is 27.5 Å². The minimum Gasteiger partial charge on any atom is -0.493 e. The standard InChI is InChI=1S/C28H30ClF4N3O5/c1-26(2,34-3)18-13-21(16-5-7-20(30)19(29)11-16)36-24(14-18)27(39,28(31,32)33)15-35-25(38)17-6-8-22(41-10-9-37)23(12-17)40-4/h5-8,11-14,34,37,39H,9-10,15H2,1-4H3,(H,35,38). The maximum absolute atomic E-state index is 14.5. The zero-order valence-electron chi connectivity index (χ0n) is 22.7. The van der Waals surface area contributed by atoms with Crippen LogP contribution in [0.3, 0.4) is 0 Å². The van der Waals surface area contributed by atoms with Crippen LogP contribution >= 0.6 is 11.6 Å². The number of hydrogen-bond acceptors (Lipinski definition) is 7. The number of pyridine rings is 1. The van der Waals surface area contributed by atoms with Crippen LogP contribution in [0.5, 0.6) is 11.5 Å². The number of carbonyl (C=O) groups is 1. The van der Waals surface area contributed by atoms with Gasteiger partial charge in [0.15, 0.2) is 11.5 Å². The highest BCUT2D eigenvalue weighted by Crippen LogP contribution is 2.40. The predicted octanol–water partition coefficient (Wildman–Crippen LogP) is 4.56. The molecule has 0 radical (unpaired) electrons. The summed E-state index contributed by atoms with van der Waals surface area (Å²) in [5, 5.41) is 24.9. The second-order valence-corrected chi connectivity index (χ2v) is 10.0. The van der Waals surface area contributed by atoms with Crippen molar-refractivity contribution in [2.24, 2.45) is 0 Å². The van der Waals surface area contributed by atoms with Gasteiger partial charge in [0.1, 0.15) is 12.4 Å². The van der Waals surface area contributed by atoms with Crippen molar-refractivity contribution in [2.75, 3.05) is 33.9 Å². The highest BCUT2D eigenvalue weighted by Gasteiger charge is 2.56. The first-order chi connectivity index (χ1) is 19.2. The van der Waals surface area contributed by atoms with Gasteiger partial charge in [-0.15, -0.1) is 0 Å². The smallest absolute Gasteiger partial charge is 0.424 e. The molecule has 0 aliphatic heterocycles. The topological polar surface area (TPSA) is 113 Å². The second-order valence-electron chi connectivity index (χ2n) is 9.61. The fourth-order valence-corrected chi connectivity index (χ4v) is 3.96. The molecule has 0 aliphatic rings. The molecule has 0 spiro atoms. The number of rotatable bonds is 11. The third-order valence-electron chi connectivity index (χ3n) is 6.56. The maximum Gasteiger partial charge on any atom is 0.424 e. The minimum atomic E-state index is -5.27. The van der Waals surface area contributed by atoms with Gasteiger partial charge < -0.3 is 30.3 Å². The van der Waals surface area contributed by atoms with Gasteiger partial charge in [-0.1, -0.05) is 11.6 Å². The molecule has 0 saturated heterocycles. The molecule has 1 atom stereocenters. The van der Waals surface area contributed by atoms with Gasteiger partial charge in [-0.25, -0.2) is 9.37 Å². The van der Waals surface area contributed by atoms with Crippen LogP contribution in [0, 0.1) is 5.82 Å². The van der Waals surface area contributed by atoms with Crippen molar-refractivity contribution < 1.29 is 42.0 Å². The van der Waals surface area contributed by atoms with E-state index < -0.39 is 41.3 Å². The zero-order valence-corrected chi connectivity index (χ0v) is 23.5. The lowest BCUT2D eigenvalue weighted by atomic mass is 9.89. The van der Waals surface area contributed by atoms with Crippen LogP contribution < -0.4 is 20.1 Å². The number of methoxy groups -OCH3 is 1. The van der Waals surface area contributed by atoms with E-state index >= 15 is 0 Å². The van der Waals surface area contributed by atoms with Crippen LogP contribution in [0.1, 0.15) is 35.5 Å². The van der Waals surface area contributed by atoms with E-state index in [1.165, 1.54) is 43.5 Å². The quantitative estimate of drug-likeness (QED) is 0.239. The minimum absolute atomic E-state index is 0.0000640. The van der Waals surface area contributed by atoms with Crippen molar-refractivity contribution in [1.29, 1.82) is 0 Å². The van der Waals surface area contributed by atoms with E-state index in [1.807, 2.05) is 0 Å². The molecule has 0 fully saturated rings. The average Bonchev–Trinajstić information content (AvgIpc) is 2.94. The number of nitrogens with zero attached hydrogens (tertiary/aromatic N) is 1. The lowest BCUT2D eigenvalue weighted by molar-refractivity contribution is -0.265. The number of carbonyl (C=O) groups excluding carboxylic acids is 1. The Morgan fingerprint density at radius 3 is 2.37 bits per heavy atom. The van der Waals surface area contributed by atoms with E-state index in [1.54, 1.807) is 20.9 Å². The summed E-state index contributed by atoms with van der Waals surface area (Å²) < 4.78 is 67.8. The Morgan fingerprint density at radius 2 is 1.78 bits per heavy atom. The lowest BCUT2D eigenvalue weighted by Gasteiger charge is -2.33. The van der Waals surface area contributed by atoms with Gasteiger partial charge in [0.25, 0.3) is 5.91 Å². The van der Waals surface area contributed by atoms with E-state index in [-0.39, 0.29) is 46.6 Å². The fraction of sp³-hybridized carbons (Fsp3) is 0.357. The molecule has 0 aliphatic carbocycles. The molecule has 222 valence electrons. The summed E-state index contributed by atoms with van der Waals surface area (Å²) in [6.45, 7) is 1.84. The Bertz CT molecular complexity index is 1400. The largest absolute Gasteiger partial charge is 0.493 e. The van der Waals surface area contributed by atoms with Gasteiger partial charge in [-0.3, -0.25) is 4.79 Å². The Hall–Kier alpha value is -3.45. The number of aliphatic hydroxyl groups is 2. The summed E-state index contributed by atoms with van der Waals surface area (Å²) in [5.74, 6) is -1.33. The highest BCUT2D eigenvalue weighted by molar-refractivity contribution is 6.31. The monoisotopic (exact) mass is 599 g/mol. The summed E-state index contributed by atoms with van der Waals surface area (Å²) in [5.41, 5.74) is -4.79. The van der Waals surface area contributed by atoms with E-state index in [2.05, 4.69) is 15.6 Å². The number of halogens is 5. The lowest BCUT2D eigenvalue weighted by Crippen LogP contribution is -2.51. The first-order valence-electron chi connectivity index (χ1n) is 12.3. The van der Waals surface area contributed by atoms with Crippen molar-refractivity contribution in [3.05, 3.63) is 76.2 Å². The molecule has 1 heterocycles. The third-order valence-corrected chi connectivity index (χ3v) is 6.85. The summed E-state index contributed by atoms with van der Waals surface area (Å²) in [6, 6.07) is 10.1. The van der Waals surface area contributed by atoms with Gasteiger partial charge >= 0.3 is 6.18 Å². The van der Waals surface area contributed by atoms with Crippen molar-refractivity contribution in [1.82, 2.24) is 15.6 Å². The molecule has 3 aromatic rings. The molecule has 8 nitrogen and oxygen atoms in total. The number of nitrogens with one attached hydrogen (secondary N) is 2. The number of aromatic nitrogens is 1. The van der Waals surface area contributed by atoms with E-state index in [4.69, 9.17) is 26.2 Å². The molecule has 13 heteroatoms. The Morgan fingerprint density at radius 1 is 1.07 bits per heavy atom. The highest BCUT2D eigenvalue weighted by atomic mass is 35.5. The normalized spacial score (nSPS) is 13.4. The van der Waals surface area contributed by atoms with Gasteiger partial charge in [0.05, 0.1) is 36.7 Å².